The first-order valence-electron chi connectivity index (χ1n) is 7.79. The first kappa shape index (κ1) is 18.4. The third kappa shape index (κ3) is 4.63. The molecule has 3 aromatic rings. The van der Waals surface area contributed by atoms with E-state index >= 15 is 0 Å². The lowest BCUT2D eigenvalue weighted by molar-refractivity contribution is -0.137. The number of hydrogen-bond acceptors (Lipinski definition) is 5. The van der Waals surface area contributed by atoms with Gasteiger partial charge in [0.15, 0.2) is 0 Å². The molecule has 1 amide bonds. The maximum Gasteiger partial charge on any atom is 0.416 e. The van der Waals surface area contributed by atoms with Crippen LogP contribution in [0.3, 0.4) is 0 Å². The van der Waals surface area contributed by atoms with Crippen LogP contribution in [0.15, 0.2) is 52.9 Å². The van der Waals surface area contributed by atoms with Gasteiger partial charge in [0, 0.05) is 5.56 Å². The summed E-state index contributed by atoms with van der Waals surface area (Å²) in [5, 5.41) is 9.87. The van der Waals surface area contributed by atoms with Gasteiger partial charge < -0.3 is 9.15 Å². The molecule has 2 aromatic carbocycles. The molecule has 0 bridgehead atoms. The van der Waals surface area contributed by atoms with Crippen molar-refractivity contribution in [3.05, 3.63) is 59.7 Å². The molecule has 1 aromatic heterocycles. The van der Waals surface area contributed by atoms with Crippen LogP contribution in [0.4, 0.5) is 19.2 Å². The zero-order chi connectivity index (χ0) is 19.4. The third-order valence-corrected chi connectivity index (χ3v) is 3.65. The molecule has 0 fully saturated rings. The first-order chi connectivity index (χ1) is 12.8. The van der Waals surface area contributed by atoms with Gasteiger partial charge in [-0.3, -0.25) is 10.1 Å². The van der Waals surface area contributed by atoms with Crippen molar-refractivity contribution in [3.8, 4) is 17.2 Å². The van der Waals surface area contributed by atoms with Gasteiger partial charge in [-0.05, 0) is 42.0 Å². The molecule has 0 aliphatic rings. The Morgan fingerprint density at radius 2 is 1.74 bits per heavy atom. The van der Waals surface area contributed by atoms with Crippen LogP contribution in [0.25, 0.3) is 11.5 Å². The number of anilines is 1. The highest BCUT2D eigenvalue weighted by Gasteiger charge is 2.30. The SMILES string of the molecule is COc1ccc(CC(=O)Nc2nnc(-c3ccc(C(F)(F)F)cc3)o2)cc1. The molecular weight excluding hydrogens is 363 g/mol. The van der Waals surface area contributed by atoms with Crippen LogP contribution in [0.2, 0.25) is 0 Å². The van der Waals surface area contributed by atoms with Crippen LogP contribution in [0.5, 0.6) is 5.75 Å². The molecule has 27 heavy (non-hydrogen) atoms. The number of carbonyl (C=O) groups excluding carboxylic acids is 1. The van der Waals surface area contributed by atoms with Crippen LogP contribution in [-0.2, 0) is 17.4 Å². The predicted molar refractivity (Wildman–Crippen MR) is 90.1 cm³/mol. The predicted octanol–water partition coefficient (Wildman–Crippen LogP) is 3.95. The highest BCUT2D eigenvalue weighted by atomic mass is 19.4. The van der Waals surface area contributed by atoms with E-state index in [2.05, 4.69) is 15.5 Å². The Bertz CT molecular complexity index is 920. The van der Waals surface area contributed by atoms with Crippen molar-refractivity contribution < 1.29 is 27.1 Å². The number of halogens is 3. The molecular formula is C18H14F3N3O3. The van der Waals surface area contributed by atoms with Crippen molar-refractivity contribution in [2.24, 2.45) is 0 Å². The summed E-state index contributed by atoms with van der Waals surface area (Å²) in [6, 6.07) is 11.1. The van der Waals surface area contributed by atoms with Crippen LogP contribution in [0, 0.1) is 0 Å². The van der Waals surface area contributed by atoms with Gasteiger partial charge >= 0.3 is 12.2 Å². The minimum Gasteiger partial charge on any atom is -0.497 e. The van der Waals surface area contributed by atoms with Gasteiger partial charge in [0.05, 0.1) is 19.1 Å². The lowest BCUT2D eigenvalue weighted by Gasteiger charge is -2.05. The van der Waals surface area contributed by atoms with E-state index in [0.29, 0.717) is 11.3 Å². The van der Waals surface area contributed by atoms with Gasteiger partial charge in [0.1, 0.15) is 5.75 Å². The molecule has 0 radical (unpaired) electrons. The van der Waals surface area contributed by atoms with Gasteiger partial charge in [-0.25, -0.2) is 0 Å². The number of rotatable bonds is 5. The van der Waals surface area contributed by atoms with Crippen molar-refractivity contribution in [1.82, 2.24) is 10.2 Å². The van der Waals surface area contributed by atoms with E-state index in [9.17, 15) is 18.0 Å². The van der Waals surface area contributed by atoms with Crippen molar-refractivity contribution in [2.45, 2.75) is 12.6 Å². The van der Waals surface area contributed by atoms with Crippen molar-refractivity contribution >= 4 is 11.9 Å². The average Bonchev–Trinajstić information content (AvgIpc) is 3.10. The topological polar surface area (TPSA) is 77.2 Å². The number of hydrogen-bond donors (Lipinski definition) is 1. The monoisotopic (exact) mass is 377 g/mol. The second-order valence-corrected chi connectivity index (χ2v) is 5.56. The number of ether oxygens (including phenoxy) is 1. The molecule has 0 atom stereocenters. The fourth-order valence-corrected chi connectivity index (χ4v) is 2.28. The number of carbonyl (C=O) groups is 1. The molecule has 0 unspecified atom stereocenters. The van der Waals surface area contributed by atoms with Crippen molar-refractivity contribution in [3.63, 3.8) is 0 Å². The summed E-state index contributed by atoms with van der Waals surface area (Å²) >= 11 is 0. The van der Waals surface area contributed by atoms with E-state index in [0.717, 1.165) is 17.7 Å². The smallest absolute Gasteiger partial charge is 0.416 e. The summed E-state index contributed by atoms with van der Waals surface area (Å²) in [6.45, 7) is 0. The normalized spacial score (nSPS) is 11.3. The Kier molecular flexibility index (Phi) is 5.11. The number of aromatic nitrogens is 2. The Labute approximate surface area is 152 Å². The summed E-state index contributed by atoms with van der Waals surface area (Å²) in [7, 11) is 1.55. The van der Waals surface area contributed by atoms with Crippen LogP contribution >= 0.6 is 0 Å². The van der Waals surface area contributed by atoms with Crippen LogP contribution in [0.1, 0.15) is 11.1 Å². The van der Waals surface area contributed by atoms with Gasteiger partial charge in [-0.2, -0.15) is 13.2 Å². The van der Waals surface area contributed by atoms with E-state index in [4.69, 9.17) is 9.15 Å². The van der Waals surface area contributed by atoms with Gasteiger partial charge in [-0.1, -0.05) is 17.2 Å². The van der Waals surface area contributed by atoms with E-state index in [-0.39, 0.29) is 24.2 Å². The van der Waals surface area contributed by atoms with E-state index < -0.39 is 11.7 Å². The third-order valence-electron chi connectivity index (χ3n) is 3.65. The minimum atomic E-state index is -4.42. The lowest BCUT2D eigenvalue weighted by atomic mass is 10.1. The second kappa shape index (κ2) is 7.48. The fraction of sp³-hybridized carbons (Fsp3) is 0.167. The Hall–Kier alpha value is -3.36. The molecule has 3 rings (SSSR count). The lowest BCUT2D eigenvalue weighted by Crippen LogP contribution is -2.14. The molecule has 6 nitrogen and oxygen atoms in total. The number of amides is 1. The highest BCUT2D eigenvalue weighted by molar-refractivity contribution is 5.90. The maximum atomic E-state index is 12.6. The molecule has 0 saturated heterocycles. The summed E-state index contributed by atoms with van der Waals surface area (Å²) in [5.74, 6) is 0.309. The minimum absolute atomic E-state index is 0.00321. The number of nitrogens with one attached hydrogen (secondary N) is 1. The summed E-state index contributed by atoms with van der Waals surface area (Å²) in [6.07, 6.45) is -4.34. The summed E-state index contributed by atoms with van der Waals surface area (Å²) < 4.78 is 48.1. The molecule has 140 valence electrons. The number of methoxy groups -OCH3 is 1. The largest absolute Gasteiger partial charge is 0.497 e. The van der Waals surface area contributed by atoms with Gasteiger partial charge in [0.25, 0.3) is 0 Å². The van der Waals surface area contributed by atoms with Crippen LogP contribution < -0.4 is 10.1 Å². The Balaban J connectivity index is 1.64. The summed E-state index contributed by atoms with van der Waals surface area (Å²) in [5.41, 5.74) is 0.292. The molecule has 1 heterocycles. The summed E-state index contributed by atoms with van der Waals surface area (Å²) in [4.78, 5) is 12.0. The van der Waals surface area contributed by atoms with Crippen LogP contribution in [-0.4, -0.2) is 23.2 Å². The molecule has 0 aliphatic heterocycles. The fourth-order valence-electron chi connectivity index (χ4n) is 2.28. The van der Waals surface area contributed by atoms with E-state index in [1.807, 2.05) is 0 Å². The Morgan fingerprint density at radius 3 is 2.33 bits per heavy atom. The maximum absolute atomic E-state index is 12.6. The van der Waals surface area contributed by atoms with Crippen molar-refractivity contribution in [1.29, 1.82) is 0 Å². The quantitative estimate of drug-likeness (QED) is 0.729. The standard InChI is InChI=1S/C18H14F3N3O3/c1-26-14-8-2-11(3-9-14)10-15(25)22-17-24-23-16(27-17)12-4-6-13(7-5-12)18(19,20)21/h2-9H,10H2,1H3,(H,22,24,25). The van der Waals surface area contributed by atoms with Gasteiger partial charge in [0.2, 0.25) is 11.8 Å². The number of nitrogens with zero attached hydrogens (tertiary/aromatic N) is 2. The Morgan fingerprint density at radius 1 is 1.07 bits per heavy atom. The zero-order valence-electron chi connectivity index (χ0n) is 14.1. The molecule has 1 N–H and O–H groups in total. The molecule has 9 heteroatoms. The molecule has 0 saturated carbocycles. The first-order valence-corrected chi connectivity index (χ1v) is 7.79. The van der Waals surface area contributed by atoms with E-state index in [1.54, 1.807) is 31.4 Å². The van der Waals surface area contributed by atoms with E-state index in [1.165, 1.54) is 12.1 Å². The second-order valence-electron chi connectivity index (χ2n) is 5.56. The molecule has 0 spiro atoms. The molecule has 0 aliphatic carbocycles. The van der Waals surface area contributed by atoms with Crippen molar-refractivity contribution in [2.75, 3.05) is 12.4 Å². The van der Waals surface area contributed by atoms with Gasteiger partial charge in [-0.15, -0.1) is 5.10 Å². The number of benzene rings is 2. The number of alkyl halides is 3. The average molecular weight is 377 g/mol. The zero-order valence-corrected chi connectivity index (χ0v) is 14.1. The highest BCUT2D eigenvalue weighted by Crippen LogP contribution is 2.30.